The highest BCUT2D eigenvalue weighted by Crippen LogP contribution is 2.07. The minimum absolute atomic E-state index is 0.230. The van der Waals surface area contributed by atoms with E-state index >= 15 is 0 Å². The van der Waals surface area contributed by atoms with Crippen LogP contribution >= 0.6 is 0 Å². The van der Waals surface area contributed by atoms with Crippen molar-refractivity contribution in [3.8, 4) is 0 Å². The smallest absolute Gasteiger partial charge is 0.261 e. The van der Waals surface area contributed by atoms with Crippen molar-refractivity contribution in [3.05, 3.63) is 17.8 Å². The number of nitrogens with one attached hydrogen (secondary N) is 1. The van der Waals surface area contributed by atoms with Gasteiger partial charge in [-0.05, 0) is 13.0 Å². The number of aryl methyl sites for hydroxylation is 1. The first kappa shape index (κ1) is 16.0. The van der Waals surface area contributed by atoms with Crippen LogP contribution in [0.1, 0.15) is 31.9 Å². The number of oxazole rings is 1. The molecular formula is C13H22F2N2O2. The summed E-state index contributed by atoms with van der Waals surface area (Å²) in [5.74, 6) is 1.37. The average Bonchev–Trinajstić information content (AvgIpc) is 2.78. The fourth-order valence-corrected chi connectivity index (χ4v) is 1.55. The lowest BCUT2D eigenvalue weighted by molar-refractivity contribution is 0.0176. The summed E-state index contributed by atoms with van der Waals surface area (Å²) in [6.45, 7) is 4.83. The van der Waals surface area contributed by atoms with Gasteiger partial charge in [-0.3, -0.25) is 0 Å². The van der Waals surface area contributed by atoms with Crippen LogP contribution in [-0.4, -0.2) is 37.2 Å². The van der Waals surface area contributed by atoms with Gasteiger partial charge in [0.1, 0.15) is 12.4 Å². The van der Waals surface area contributed by atoms with Crippen LogP contribution in [0.15, 0.2) is 10.6 Å². The van der Waals surface area contributed by atoms with E-state index in [1.807, 2.05) is 0 Å². The van der Waals surface area contributed by atoms with Gasteiger partial charge >= 0.3 is 0 Å². The summed E-state index contributed by atoms with van der Waals surface area (Å²) in [6, 6.07) is 0.479. The van der Waals surface area contributed by atoms with Crippen LogP contribution in [0.4, 0.5) is 8.78 Å². The van der Waals surface area contributed by atoms with Gasteiger partial charge in [-0.2, -0.15) is 0 Å². The molecular weight excluding hydrogens is 254 g/mol. The molecule has 4 nitrogen and oxygen atoms in total. The topological polar surface area (TPSA) is 47.3 Å². The van der Waals surface area contributed by atoms with Crippen molar-refractivity contribution in [3.63, 3.8) is 0 Å². The quantitative estimate of drug-likeness (QED) is 0.667. The zero-order valence-corrected chi connectivity index (χ0v) is 11.5. The van der Waals surface area contributed by atoms with E-state index in [2.05, 4.69) is 24.1 Å². The molecule has 0 saturated heterocycles. The molecule has 0 aliphatic rings. The van der Waals surface area contributed by atoms with E-state index in [-0.39, 0.29) is 6.61 Å². The first-order valence-corrected chi connectivity index (χ1v) is 6.60. The first-order valence-electron chi connectivity index (χ1n) is 6.60. The Balaban J connectivity index is 2.14. The molecule has 0 saturated carbocycles. The fraction of sp³-hybridized carbons (Fsp3) is 0.769. The van der Waals surface area contributed by atoms with Gasteiger partial charge < -0.3 is 14.5 Å². The molecule has 19 heavy (non-hydrogen) atoms. The van der Waals surface area contributed by atoms with Crippen LogP contribution in [0.3, 0.4) is 0 Å². The summed E-state index contributed by atoms with van der Waals surface area (Å²) in [6.07, 6.45) is 1.43. The number of rotatable bonds is 10. The molecule has 0 atom stereocenters. The first-order chi connectivity index (χ1) is 9.08. The monoisotopic (exact) mass is 276 g/mol. The summed E-state index contributed by atoms with van der Waals surface area (Å²) in [4.78, 5) is 4.15. The predicted octanol–water partition coefficient (Wildman–Crippen LogP) is 2.43. The number of hydrogen-bond donors (Lipinski definition) is 1. The molecule has 0 bridgehead atoms. The molecule has 0 radical (unpaired) electrons. The van der Waals surface area contributed by atoms with E-state index in [0.717, 1.165) is 19.4 Å². The summed E-state index contributed by atoms with van der Waals surface area (Å²) >= 11 is 0. The summed E-state index contributed by atoms with van der Waals surface area (Å²) in [5, 5.41) is 3.31. The van der Waals surface area contributed by atoms with Gasteiger partial charge in [0.2, 0.25) is 0 Å². The van der Waals surface area contributed by atoms with E-state index in [1.54, 1.807) is 6.20 Å². The Morgan fingerprint density at radius 3 is 2.84 bits per heavy atom. The Labute approximate surface area is 112 Å². The maximum absolute atomic E-state index is 11.8. The molecule has 0 unspecified atom stereocenters. The standard InChI is InChI=1S/C13H22F2N2O2/c1-10(2)16-6-3-4-13-17-8-11(19-13)5-7-18-9-12(14)15/h8,10,12,16H,3-7,9H2,1-2H3. The normalized spacial score (nSPS) is 11.7. The number of ether oxygens (including phenoxy) is 1. The van der Waals surface area contributed by atoms with Crippen molar-refractivity contribution in [1.29, 1.82) is 0 Å². The molecule has 0 aliphatic heterocycles. The maximum Gasteiger partial charge on any atom is 0.261 e. The van der Waals surface area contributed by atoms with Crippen LogP contribution < -0.4 is 5.32 Å². The second-order valence-corrected chi connectivity index (χ2v) is 4.65. The van der Waals surface area contributed by atoms with Crippen molar-refractivity contribution in [2.24, 2.45) is 0 Å². The van der Waals surface area contributed by atoms with Crippen LogP contribution in [-0.2, 0) is 17.6 Å². The second-order valence-electron chi connectivity index (χ2n) is 4.65. The molecule has 1 heterocycles. The van der Waals surface area contributed by atoms with Gasteiger partial charge in [0, 0.05) is 18.9 Å². The fourth-order valence-electron chi connectivity index (χ4n) is 1.55. The van der Waals surface area contributed by atoms with Crippen LogP contribution in [0.5, 0.6) is 0 Å². The molecule has 0 aliphatic carbocycles. The van der Waals surface area contributed by atoms with Gasteiger partial charge in [-0.15, -0.1) is 0 Å². The van der Waals surface area contributed by atoms with Gasteiger partial charge in [0.25, 0.3) is 6.43 Å². The minimum Gasteiger partial charge on any atom is -0.446 e. The SMILES string of the molecule is CC(C)NCCCc1ncc(CCOCC(F)F)o1. The highest BCUT2D eigenvalue weighted by atomic mass is 19.3. The van der Waals surface area contributed by atoms with Crippen LogP contribution in [0.2, 0.25) is 0 Å². The third-order valence-corrected chi connectivity index (χ3v) is 2.46. The zero-order chi connectivity index (χ0) is 14.1. The molecule has 6 heteroatoms. The van der Waals surface area contributed by atoms with Gasteiger partial charge in [0.15, 0.2) is 5.89 Å². The molecule has 1 rings (SSSR count). The Kier molecular flexibility index (Phi) is 7.59. The zero-order valence-electron chi connectivity index (χ0n) is 11.5. The number of aromatic nitrogens is 1. The Morgan fingerprint density at radius 2 is 2.16 bits per heavy atom. The van der Waals surface area contributed by atoms with E-state index in [1.165, 1.54) is 0 Å². The van der Waals surface area contributed by atoms with Crippen LogP contribution in [0.25, 0.3) is 0 Å². The van der Waals surface area contributed by atoms with Crippen molar-refractivity contribution in [1.82, 2.24) is 10.3 Å². The highest BCUT2D eigenvalue weighted by Gasteiger charge is 2.06. The molecule has 1 N–H and O–H groups in total. The van der Waals surface area contributed by atoms with Crippen molar-refractivity contribution in [2.75, 3.05) is 19.8 Å². The lowest BCUT2D eigenvalue weighted by Gasteiger charge is -2.05. The van der Waals surface area contributed by atoms with Crippen molar-refractivity contribution >= 4 is 0 Å². The Bertz CT molecular complexity index is 313. The number of halogens is 2. The van der Waals surface area contributed by atoms with E-state index < -0.39 is 13.0 Å². The molecule has 0 spiro atoms. The summed E-state index contributed by atoms with van der Waals surface area (Å²) in [5.41, 5.74) is 0. The lowest BCUT2D eigenvalue weighted by Crippen LogP contribution is -2.23. The summed E-state index contributed by atoms with van der Waals surface area (Å²) in [7, 11) is 0. The molecule has 0 amide bonds. The lowest BCUT2D eigenvalue weighted by atomic mass is 10.3. The van der Waals surface area contributed by atoms with Gasteiger partial charge in [-0.25, -0.2) is 13.8 Å². The van der Waals surface area contributed by atoms with Crippen LogP contribution in [0, 0.1) is 0 Å². The third-order valence-electron chi connectivity index (χ3n) is 2.46. The number of hydrogen-bond acceptors (Lipinski definition) is 4. The molecule has 1 aromatic heterocycles. The largest absolute Gasteiger partial charge is 0.446 e. The molecule has 1 aromatic rings. The third kappa shape index (κ3) is 7.89. The number of alkyl halides is 2. The Morgan fingerprint density at radius 1 is 1.37 bits per heavy atom. The Hall–Kier alpha value is -1.01. The number of nitrogens with zero attached hydrogens (tertiary/aromatic N) is 1. The second kappa shape index (κ2) is 8.98. The van der Waals surface area contributed by atoms with Gasteiger partial charge in [-0.1, -0.05) is 13.8 Å². The minimum atomic E-state index is -2.42. The predicted molar refractivity (Wildman–Crippen MR) is 68.5 cm³/mol. The van der Waals surface area contributed by atoms with E-state index in [4.69, 9.17) is 9.15 Å². The van der Waals surface area contributed by atoms with E-state index in [0.29, 0.717) is 24.1 Å². The molecule has 0 aromatic carbocycles. The highest BCUT2D eigenvalue weighted by molar-refractivity contribution is 4.94. The van der Waals surface area contributed by atoms with E-state index in [9.17, 15) is 8.78 Å². The molecule has 0 fully saturated rings. The average molecular weight is 276 g/mol. The van der Waals surface area contributed by atoms with Crippen molar-refractivity contribution < 1.29 is 17.9 Å². The van der Waals surface area contributed by atoms with Crippen molar-refractivity contribution in [2.45, 2.75) is 45.6 Å². The van der Waals surface area contributed by atoms with Gasteiger partial charge in [0.05, 0.1) is 12.8 Å². The maximum atomic E-state index is 11.8. The molecule has 110 valence electrons. The summed E-state index contributed by atoms with van der Waals surface area (Å²) < 4.78 is 33.9.